The fourth-order valence-corrected chi connectivity index (χ4v) is 5.96. The van der Waals surface area contributed by atoms with E-state index >= 15 is 0 Å². The van der Waals surface area contributed by atoms with Crippen LogP contribution in [0.4, 0.5) is 4.39 Å². The summed E-state index contributed by atoms with van der Waals surface area (Å²) in [6, 6.07) is 14.4. The molecule has 0 N–H and O–H groups in total. The van der Waals surface area contributed by atoms with Gasteiger partial charge in [0.1, 0.15) is 10.8 Å². The summed E-state index contributed by atoms with van der Waals surface area (Å²) in [5, 5.41) is 5.73. The van der Waals surface area contributed by atoms with Gasteiger partial charge in [-0.25, -0.2) is 14.1 Å². The molecule has 1 unspecified atom stereocenters. The van der Waals surface area contributed by atoms with E-state index in [1.807, 2.05) is 27.8 Å². The molecule has 6 rings (SSSR count). The minimum Gasteiger partial charge on any atom is -0.328 e. The van der Waals surface area contributed by atoms with Crippen LogP contribution < -0.4 is 0 Å². The largest absolute Gasteiger partial charge is 0.328 e. The number of carbonyl (C=O) groups excluding carboxylic acids is 1. The average molecular weight is 433 g/mol. The van der Waals surface area contributed by atoms with Crippen LogP contribution >= 0.6 is 11.3 Å². The van der Waals surface area contributed by atoms with E-state index in [0.29, 0.717) is 5.69 Å². The van der Waals surface area contributed by atoms with Crippen LogP contribution in [0.15, 0.2) is 48.5 Å². The Kier molecular flexibility index (Phi) is 4.38. The van der Waals surface area contributed by atoms with Crippen molar-refractivity contribution >= 4 is 27.5 Å². The number of hydrogen-bond donors (Lipinski definition) is 0. The highest BCUT2D eigenvalue weighted by atomic mass is 32.1. The molecule has 7 heteroatoms. The third kappa shape index (κ3) is 3.07. The second-order valence-electron chi connectivity index (χ2n) is 8.19. The number of para-hydroxylation sites is 1. The quantitative estimate of drug-likeness (QED) is 0.453. The Morgan fingerprint density at radius 2 is 1.90 bits per heavy atom. The Hall–Kier alpha value is -3.06. The molecule has 1 saturated heterocycles. The monoisotopic (exact) mass is 432 g/mol. The fraction of sp³-hybridized carbons (Fsp3) is 0.292. The Bertz CT molecular complexity index is 1260. The standard InChI is InChI=1S/C24H21FN4OS/c25-15-10-12-16(13-11-15)29-19-7-3-5-17(19)22(27-29)24(30)28-14-4-8-20(28)23-26-18-6-1-2-9-21(18)31-23/h1-2,6,9-13,20H,3-5,7-8,14H2. The van der Waals surface area contributed by atoms with Gasteiger partial charge in [0.2, 0.25) is 0 Å². The van der Waals surface area contributed by atoms with Crippen LogP contribution in [0.3, 0.4) is 0 Å². The SMILES string of the molecule is O=C(c1nn(-c2ccc(F)cc2)c2c1CCC2)N1CCCC1c1nc2ccccc2s1. The Labute approximate surface area is 183 Å². The molecule has 5 nitrogen and oxygen atoms in total. The van der Waals surface area contributed by atoms with Gasteiger partial charge in [0, 0.05) is 17.8 Å². The molecule has 2 aromatic heterocycles. The lowest BCUT2D eigenvalue weighted by molar-refractivity contribution is 0.0728. The Balaban J connectivity index is 1.37. The Morgan fingerprint density at radius 3 is 2.74 bits per heavy atom. The molecule has 0 radical (unpaired) electrons. The summed E-state index contributed by atoms with van der Waals surface area (Å²) < 4.78 is 16.4. The number of nitrogens with zero attached hydrogens (tertiary/aromatic N) is 4. The van der Waals surface area contributed by atoms with Crippen molar-refractivity contribution < 1.29 is 9.18 Å². The molecule has 3 heterocycles. The molecule has 2 aromatic carbocycles. The fourth-order valence-electron chi connectivity index (χ4n) is 4.84. The number of rotatable bonds is 3. The first kappa shape index (κ1) is 18.7. The lowest BCUT2D eigenvalue weighted by Gasteiger charge is -2.22. The third-order valence-electron chi connectivity index (χ3n) is 6.31. The van der Waals surface area contributed by atoms with E-state index in [9.17, 15) is 9.18 Å². The summed E-state index contributed by atoms with van der Waals surface area (Å²) in [5.41, 5.74) is 4.45. The first-order valence-corrected chi connectivity index (χ1v) is 11.5. The predicted octanol–water partition coefficient (Wildman–Crippen LogP) is 5.09. The van der Waals surface area contributed by atoms with E-state index in [4.69, 9.17) is 10.1 Å². The maximum absolute atomic E-state index is 13.7. The molecule has 1 aliphatic heterocycles. The van der Waals surface area contributed by atoms with Crippen LogP contribution in [0.5, 0.6) is 0 Å². The van der Waals surface area contributed by atoms with Crippen molar-refractivity contribution in [1.82, 2.24) is 19.7 Å². The first-order chi connectivity index (χ1) is 15.2. The minimum atomic E-state index is -0.278. The topological polar surface area (TPSA) is 51.0 Å². The molecule has 1 fully saturated rings. The second-order valence-corrected chi connectivity index (χ2v) is 9.25. The molecule has 2 aliphatic rings. The molecule has 1 atom stereocenters. The van der Waals surface area contributed by atoms with Gasteiger partial charge in [0.05, 0.1) is 21.9 Å². The van der Waals surface area contributed by atoms with Crippen LogP contribution in [-0.4, -0.2) is 32.1 Å². The van der Waals surface area contributed by atoms with Crippen LogP contribution in [0.25, 0.3) is 15.9 Å². The van der Waals surface area contributed by atoms with E-state index in [0.717, 1.165) is 70.8 Å². The van der Waals surface area contributed by atoms with Crippen molar-refractivity contribution in [1.29, 1.82) is 0 Å². The van der Waals surface area contributed by atoms with Crippen LogP contribution in [0.2, 0.25) is 0 Å². The molecule has 0 saturated carbocycles. The highest BCUT2D eigenvalue weighted by molar-refractivity contribution is 7.18. The van der Waals surface area contributed by atoms with E-state index in [2.05, 4.69) is 6.07 Å². The van der Waals surface area contributed by atoms with Crippen molar-refractivity contribution in [3.8, 4) is 5.69 Å². The summed E-state index contributed by atoms with van der Waals surface area (Å²) in [5.74, 6) is -0.291. The van der Waals surface area contributed by atoms with Crippen LogP contribution in [0.1, 0.15) is 52.1 Å². The zero-order valence-corrected chi connectivity index (χ0v) is 17.7. The lowest BCUT2D eigenvalue weighted by atomic mass is 10.1. The van der Waals surface area contributed by atoms with Crippen molar-refractivity contribution in [3.63, 3.8) is 0 Å². The van der Waals surface area contributed by atoms with Gasteiger partial charge in [0.15, 0.2) is 5.69 Å². The lowest BCUT2D eigenvalue weighted by Crippen LogP contribution is -2.31. The average Bonchev–Trinajstić information content (AvgIpc) is 3.56. The number of carbonyl (C=O) groups is 1. The zero-order valence-electron chi connectivity index (χ0n) is 16.9. The predicted molar refractivity (Wildman–Crippen MR) is 118 cm³/mol. The molecule has 1 aliphatic carbocycles. The van der Waals surface area contributed by atoms with Gasteiger partial charge >= 0.3 is 0 Å². The molecule has 1 amide bonds. The number of benzene rings is 2. The van der Waals surface area contributed by atoms with Crippen LogP contribution in [-0.2, 0) is 12.8 Å². The smallest absolute Gasteiger partial charge is 0.275 e. The van der Waals surface area contributed by atoms with Crippen molar-refractivity contribution in [2.24, 2.45) is 0 Å². The van der Waals surface area contributed by atoms with E-state index in [-0.39, 0.29) is 17.8 Å². The van der Waals surface area contributed by atoms with Crippen molar-refractivity contribution in [3.05, 3.63) is 76.3 Å². The number of hydrogen-bond acceptors (Lipinski definition) is 4. The summed E-state index contributed by atoms with van der Waals surface area (Å²) in [7, 11) is 0. The maximum Gasteiger partial charge on any atom is 0.275 e. The normalized spacial score (nSPS) is 18.1. The third-order valence-corrected chi connectivity index (χ3v) is 7.45. The number of halogens is 1. The number of thiazole rings is 1. The zero-order chi connectivity index (χ0) is 20.9. The first-order valence-electron chi connectivity index (χ1n) is 10.7. The molecular weight excluding hydrogens is 411 g/mol. The van der Waals surface area contributed by atoms with Crippen molar-refractivity contribution in [2.75, 3.05) is 6.54 Å². The highest BCUT2D eigenvalue weighted by Crippen LogP contribution is 2.38. The van der Waals surface area contributed by atoms with Gasteiger partial charge < -0.3 is 4.90 Å². The molecule has 4 aromatic rings. The van der Waals surface area contributed by atoms with E-state index in [1.165, 1.54) is 12.1 Å². The van der Waals surface area contributed by atoms with Gasteiger partial charge in [-0.15, -0.1) is 11.3 Å². The van der Waals surface area contributed by atoms with Crippen LogP contribution in [0, 0.1) is 5.82 Å². The summed E-state index contributed by atoms with van der Waals surface area (Å²) in [4.78, 5) is 20.4. The molecule has 156 valence electrons. The molecular formula is C24H21FN4OS. The number of fused-ring (bicyclic) bond motifs is 2. The maximum atomic E-state index is 13.7. The Morgan fingerprint density at radius 1 is 1.06 bits per heavy atom. The summed E-state index contributed by atoms with van der Waals surface area (Å²) in [6.45, 7) is 0.720. The van der Waals surface area contributed by atoms with Gasteiger partial charge in [-0.3, -0.25) is 4.79 Å². The van der Waals surface area contributed by atoms with E-state index in [1.54, 1.807) is 23.5 Å². The minimum absolute atomic E-state index is 0.00192. The van der Waals surface area contributed by atoms with Crippen molar-refractivity contribution in [2.45, 2.75) is 38.1 Å². The number of likely N-dealkylation sites (tertiary alicyclic amines) is 1. The summed E-state index contributed by atoms with van der Waals surface area (Å²) >= 11 is 1.67. The van der Waals surface area contributed by atoms with Gasteiger partial charge in [0.25, 0.3) is 5.91 Å². The molecule has 31 heavy (non-hydrogen) atoms. The number of amides is 1. The second kappa shape index (κ2) is 7.27. The van der Waals surface area contributed by atoms with Gasteiger partial charge in [-0.1, -0.05) is 12.1 Å². The molecule has 0 bridgehead atoms. The van der Waals surface area contributed by atoms with Gasteiger partial charge in [-0.05, 0) is 68.5 Å². The highest BCUT2D eigenvalue weighted by Gasteiger charge is 2.36. The van der Waals surface area contributed by atoms with E-state index < -0.39 is 0 Å². The van der Waals surface area contributed by atoms with Gasteiger partial charge in [-0.2, -0.15) is 5.10 Å². The summed E-state index contributed by atoms with van der Waals surface area (Å²) in [6.07, 6.45) is 4.64. The molecule has 0 spiro atoms. The number of aromatic nitrogens is 3.